The first-order chi connectivity index (χ1) is 14.9. The highest BCUT2D eigenvalue weighted by atomic mass is 16.5. The largest absolute Gasteiger partial charge is 0.495 e. The molecule has 9 heteroatoms. The molecule has 0 saturated carbocycles. The number of para-hydroxylation sites is 2. The van der Waals surface area contributed by atoms with Gasteiger partial charge in [-0.25, -0.2) is 19.3 Å². The molecule has 4 N–H and O–H groups in total. The number of benzene rings is 2. The van der Waals surface area contributed by atoms with Gasteiger partial charge in [-0.05, 0) is 23.8 Å². The molecule has 2 heterocycles. The Morgan fingerprint density at radius 2 is 2.00 bits per heavy atom. The molecule has 0 radical (unpaired) electrons. The molecule has 0 bridgehead atoms. The van der Waals surface area contributed by atoms with Crippen molar-refractivity contribution in [3.05, 3.63) is 70.3 Å². The summed E-state index contributed by atoms with van der Waals surface area (Å²) in [5.41, 5.74) is 7.29. The number of amides is 1. The van der Waals surface area contributed by atoms with Gasteiger partial charge in [0.1, 0.15) is 11.3 Å². The van der Waals surface area contributed by atoms with Gasteiger partial charge in [0.15, 0.2) is 17.2 Å². The minimum Gasteiger partial charge on any atom is -0.495 e. The Hall–Kier alpha value is -3.98. The number of hydrogen-bond donors (Lipinski definition) is 3. The lowest BCUT2D eigenvalue weighted by molar-refractivity contribution is 0.0997. The van der Waals surface area contributed by atoms with Gasteiger partial charge < -0.3 is 20.6 Å². The van der Waals surface area contributed by atoms with Crippen molar-refractivity contribution in [3.63, 3.8) is 0 Å². The molecular formula is C22H21N5O4. The zero-order valence-electron chi connectivity index (χ0n) is 17.0. The average Bonchev–Trinajstić information content (AvgIpc) is 3.13. The molecule has 0 spiro atoms. The van der Waals surface area contributed by atoms with E-state index in [1.165, 1.54) is 11.7 Å². The normalized spacial score (nSPS) is 12.1. The van der Waals surface area contributed by atoms with E-state index in [0.717, 1.165) is 5.56 Å². The number of aliphatic hydroxyl groups is 1. The minimum absolute atomic E-state index is 0.0129. The Morgan fingerprint density at radius 3 is 2.71 bits per heavy atom. The highest BCUT2D eigenvalue weighted by molar-refractivity contribution is 6.02. The molecule has 0 aliphatic rings. The maximum Gasteiger partial charge on any atom is 0.332 e. The summed E-state index contributed by atoms with van der Waals surface area (Å²) in [6.07, 6.45) is 0. The van der Waals surface area contributed by atoms with Crippen LogP contribution in [0.15, 0.2) is 53.3 Å². The number of primary amides is 1. The molecule has 0 aliphatic carbocycles. The van der Waals surface area contributed by atoms with Crippen molar-refractivity contribution in [1.82, 2.24) is 19.5 Å². The van der Waals surface area contributed by atoms with Gasteiger partial charge in [0.05, 0.1) is 12.8 Å². The average molecular weight is 419 g/mol. The van der Waals surface area contributed by atoms with Gasteiger partial charge in [-0.15, -0.1) is 0 Å². The number of rotatable bonds is 6. The SMILES string of the molecule is COc1ccccc1-n1c(=O)[nH]c2c(C(N)=O)nc(-c3cccc(C(C)CO)c3)nc21. The molecule has 0 saturated heterocycles. The van der Waals surface area contributed by atoms with Crippen LogP contribution in [0.1, 0.15) is 28.9 Å². The molecule has 4 aromatic rings. The Labute approximate surface area is 177 Å². The van der Waals surface area contributed by atoms with Crippen LogP contribution in [0, 0.1) is 0 Å². The molecule has 4 rings (SSSR count). The fourth-order valence-electron chi connectivity index (χ4n) is 3.42. The zero-order chi connectivity index (χ0) is 22.1. The van der Waals surface area contributed by atoms with Crippen LogP contribution in [-0.4, -0.2) is 44.2 Å². The molecule has 31 heavy (non-hydrogen) atoms. The number of nitrogens with one attached hydrogen (secondary N) is 1. The maximum atomic E-state index is 12.8. The van der Waals surface area contributed by atoms with Gasteiger partial charge >= 0.3 is 5.69 Å². The van der Waals surface area contributed by atoms with Crippen molar-refractivity contribution in [3.8, 4) is 22.8 Å². The summed E-state index contributed by atoms with van der Waals surface area (Å²) in [4.78, 5) is 36.5. The topological polar surface area (TPSA) is 136 Å². The summed E-state index contributed by atoms with van der Waals surface area (Å²) in [6, 6.07) is 14.3. The van der Waals surface area contributed by atoms with Crippen LogP contribution >= 0.6 is 0 Å². The fourth-order valence-corrected chi connectivity index (χ4v) is 3.42. The van der Waals surface area contributed by atoms with E-state index >= 15 is 0 Å². The van der Waals surface area contributed by atoms with Gasteiger partial charge in [-0.2, -0.15) is 0 Å². The Balaban J connectivity index is 2.02. The monoisotopic (exact) mass is 419 g/mol. The summed E-state index contributed by atoms with van der Waals surface area (Å²) in [7, 11) is 1.50. The Morgan fingerprint density at radius 1 is 1.23 bits per heavy atom. The lowest BCUT2D eigenvalue weighted by Gasteiger charge is -2.11. The lowest BCUT2D eigenvalue weighted by atomic mass is 9.99. The highest BCUT2D eigenvalue weighted by Gasteiger charge is 2.21. The van der Waals surface area contributed by atoms with E-state index in [-0.39, 0.29) is 35.2 Å². The Kier molecular flexibility index (Phi) is 5.26. The Bertz CT molecular complexity index is 1340. The van der Waals surface area contributed by atoms with Crippen molar-refractivity contribution in [2.75, 3.05) is 13.7 Å². The van der Waals surface area contributed by atoms with Crippen LogP contribution < -0.4 is 16.2 Å². The molecule has 0 aliphatic heterocycles. The third-order valence-corrected chi connectivity index (χ3v) is 5.08. The number of fused-ring (bicyclic) bond motifs is 1. The number of methoxy groups -OCH3 is 1. The molecule has 0 fully saturated rings. The van der Waals surface area contributed by atoms with E-state index in [1.54, 1.807) is 30.3 Å². The number of imidazole rings is 1. The van der Waals surface area contributed by atoms with Crippen LogP contribution in [0.5, 0.6) is 5.75 Å². The van der Waals surface area contributed by atoms with Crippen LogP contribution in [-0.2, 0) is 0 Å². The summed E-state index contributed by atoms with van der Waals surface area (Å²) in [6.45, 7) is 1.88. The number of H-pyrrole nitrogens is 1. The molecule has 2 aromatic heterocycles. The molecule has 1 amide bonds. The summed E-state index contributed by atoms with van der Waals surface area (Å²) >= 11 is 0. The predicted molar refractivity (Wildman–Crippen MR) is 115 cm³/mol. The van der Waals surface area contributed by atoms with Crippen molar-refractivity contribution >= 4 is 17.1 Å². The van der Waals surface area contributed by atoms with Crippen molar-refractivity contribution < 1.29 is 14.6 Å². The summed E-state index contributed by atoms with van der Waals surface area (Å²) in [5.74, 6) is -0.179. The van der Waals surface area contributed by atoms with E-state index in [1.807, 2.05) is 25.1 Å². The van der Waals surface area contributed by atoms with Crippen LogP contribution in [0.2, 0.25) is 0 Å². The first-order valence-electron chi connectivity index (χ1n) is 9.61. The molecule has 2 aromatic carbocycles. The second kappa shape index (κ2) is 8.04. The highest BCUT2D eigenvalue weighted by Crippen LogP contribution is 2.27. The van der Waals surface area contributed by atoms with Gasteiger partial charge in [0.25, 0.3) is 5.91 Å². The lowest BCUT2D eigenvalue weighted by Crippen LogP contribution is -2.16. The van der Waals surface area contributed by atoms with E-state index in [4.69, 9.17) is 10.5 Å². The van der Waals surface area contributed by atoms with Crippen molar-refractivity contribution in [2.24, 2.45) is 5.73 Å². The van der Waals surface area contributed by atoms with Gasteiger partial charge in [-0.3, -0.25) is 4.79 Å². The minimum atomic E-state index is -0.790. The number of ether oxygens (including phenoxy) is 1. The smallest absolute Gasteiger partial charge is 0.332 e. The second-order valence-electron chi connectivity index (χ2n) is 7.11. The molecular weight excluding hydrogens is 398 g/mol. The first-order valence-corrected chi connectivity index (χ1v) is 9.61. The van der Waals surface area contributed by atoms with Crippen LogP contribution in [0.25, 0.3) is 28.2 Å². The molecule has 1 atom stereocenters. The maximum absolute atomic E-state index is 12.8. The van der Waals surface area contributed by atoms with E-state index in [2.05, 4.69) is 15.0 Å². The quantitative estimate of drug-likeness (QED) is 0.437. The number of nitrogens with zero attached hydrogens (tertiary/aromatic N) is 3. The number of aromatic nitrogens is 4. The first kappa shape index (κ1) is 20.3. The summed E-state index contributed by atoms with van der Waals surface area (Å²) in [5, 5.41) is 9.48. The molecule has 9 nitrogen and oxygen atoms in total. The zero-order valence-corrected chi connectivity index (χ0v) is 17.0. The van der Waals surface area contributed by atoms with Gasteiger partial charge in [-0.1, -0.05) is 37.3 Å². The fraction of sp³-hybridized carbons (Fsp3) is 0.182. The van der Waals surface area contributed by atoms with Gasteiger partial charge in [0, 0.05) is 18.1 Å². The second-order valence-corrected chi connectivity index (χ2v) is 7.11. The third-order valence-electron chi connectivity index (χ3n) is 5.08. The predicted octanol–water partition coefficient (Wildman–Crippen LogP) is 1.98. The van der Waals surface area contributed by atoms with E-state index in [0.29, 0.717) is 17.0 Å². The number of nitrogens with two attached hydrogens (primary N) is 1. The number of carbonyl (C=O) groups is 1. The van der Waals surface area contributed by atoms with E-state index < -0.39 is 11.6 Å². The standard InChI is InChI=1S/C22H21N5O4/c1-12(11-28)13-6-5-7-14(10-13)20-24-17(19(23)29)18-21(26-20)27(22(30)25-18)15-8-3-4-9-16(15)31-2/h3-10,12,28H,11H2,1-2H3,(H2,23,29)(H,25,30). The third kappa shape index (κ3) is 3.55. The number of aliphatic hydroxyl groups excluding tert-OH is 1. The van der Waals surface area contributed by atoms with Crippen molar-refractivity contribution in [1.29, 1.82) is 0 Å². The van der Waals surface area contributed by atoms with Gasteiger partial charge in [0.2, 0.25) is 0 Å². The van der Waals surface area contributed by atoms with E-state index in [9.17, 15) is 14.7 Å². The van der Waals surface area contributed by atoms with Crippen LogP contribution in [0.3, 0.4) is 0 Å². The summed E-state index contributed by atoms with van der Waals surface area (Å²) < 4.78 is 6.71. The molecule has 1 unspecified atom stereocenters. The number of hydrogen-bond acceptors (Lipinski definition) is 6. The number of carbonyl (C=O) groups excluding carboxylic acids is 1. The number of aromatic amines is 1. The van der Waals surface area contributed by atoms with Crippen LogP contribution in [0.4, 0.5) is 0 Å². The van der Waals surface area contributed by atoms with Crippen molar-refractivity contribution in [2.45, 2.75) is 12.8 Å². The molecule has 158 valence electrons.